The second-order valence-electron chi connectivity index (χ2n) is 8.08. The van der Waals surface area contributed by atoms with Gasteiger partial charge in [0.05, 0.1) is 29.4 Å². The van der Waals surface area contributed by atoms with Gasteiger partial charge in [-0.05, 0) is 42.3 Å². The number of anilines is 1. The van der Waals surface area contributed by atoms with Gasteiger partial charge in [0.15, 0.2) is 0 Å². The van der Waals surface area contributed by atoms with Crippen LogP contribution >= 0.6 is 0 Å². The quantitative estimate of drug-likeness (QED) is 0.181. The Balaban J connectivity index is 2.12. The molecule has 0 aliphatic carbocycles. The van der Waals surface area contributed by atoms with Crippen molar-refractivity contribution in [1.29, 1.82) is 0 Å². The van der Waals surface area contributed by atoms with Gasteiger partial charge in [-0.2, -0.15) is 26.3 Å². The maximum absolute atomic E-state index is 13.2. The summed E-state index contributed by atoms with van der Waals surface area (Å²) in [6.07, 6.45) is -8.23. The Morgan fingerprint density at radius 1 is 1.03 bits per heavy atom. The number of alkyl halides is 6. The smallest absolute Gasteiger partial charge is 0.416 e. The zero-order valence-electron chi connectivity index (χ0n) is 19.9. The van der Waals surface area contributed by atoms with E-state index < -0.39 is 29.4 Å². The predicted molar refractivity (Wildman–Crippen MR) is 124 cm³/mol. The molecule has 0 spiro atoms. The van der Waals surface area contributed by atoms with Crippen LogP contribution in [0.2, 0.25) is 0 Å². The Kier molecular flexibility index (Phi) is 8.84. The summed E-state index contributed by atoms with van der Waals surface area (Å²) in [7, 11) is 1.43. The minimum atomic E-state index is -4.65. The largest absolute Gasteiger partial charge is 0.455 e. The van der Waals surface area contributed by atoms with Crippen LogP contribution in [0.3, 0.4) is 0 Å². The van der Waals surface area contributed by atoms with Gasteiger partial charge in [0.1, 0.15) is 17.3 Å². The summed E-state index contributed by atoms with van der Waals surface area (Å²) in [4.78, 5) is 17.3. The number of hydrogen-bond donors (Lipinski definition) is 3. The third-order valence-corrected chi connectivity index (χ3v) is 5.41. The van der Waals surface area contributed by atoms with Crippen LogP contribution in [0, 0.1) is 0 Å². The standard InChI is InChI=1S/C25H23F6N3O4/c1-32-22-21(23(36)34(37)10-3-11-35)19(12-15-6-8-16(9-7-15)24(26,27)28)20(14-33-22)38-18-5-2-4-17(13-18)25(29,30)31/h2,4-9,13-14,35,37H,3,10-12H2,1H3,(H,32,33). The molecule has 3 rings (SSSR count). The topological polar surface area (TPSA) is 94.9 Å². The molecule has 1 amide bonds. The Hall–Kier alpha value is -3.84. The van der Waals surface area contributed by atoms with Gasteiger partial charge in [0.2, 0.25) is 0 Å². The van der Waals surface area contributed by atoms with E-state index in [1.54, 1.807) is 0 Å². The van der Waals surface area contributed by atoms with Crippen LogP contribution in [-0.2, 0) is 18.8 Å². The van der Waals surface area contributed by atoms with E-state index in [9.17, 15) is 36.3 Å². The first-order chi connectivity index (χ1) is 17.8. The van der Waals surface area contributed by atoms with E-state index in [4.69, 9.17) is 9.84 Å². The van der Waals surface area contributed by atoms with Gasteiger partial charge in [0.25, 0.3) is 5.91 Å². The Labute approximate surface area is 213 Å². The zero-order valence-corrected chi connectivity index (χ0v) is 19.9. The fourth-order valence-electron chi connectivity index (χ4n) is 3.54. The number of pyridine rings is 1. The molecule has 0 saturated heterocycles. The lowest BCUT2D eigenvalue weighted by atomic mass is 9.98. The van der Waals surface area contributed by atoms with Crippen LogP contribution < -0.4 is 10.1 Å². The Morgan fingerprint density at radius 3 is 2.26 bits per heavy atom. The van der Waals surface area contributed by atoms with Crippen LogP contribution in [0.5, 0.6) is 11.5 Å². The van der Waals surface area contributed by atoms with Crippen molar-refractivity contribution in [2.75, 3.05) is 25.5 Å². The third-order valence-electron chi connectivity index (χ3n) is 5.41. The lowest BCUT2D eigenvalue weighted by Gasteiger charge is -2.21. The van der Waals surface area contributed by atoms with Crippen molar-refractivity contribution in [1.82, 2.24) is 10.0 Å². The van der Waals surface area contributed by atoms with Crippen molar-refractivity contribution < 1.29 is 46.2 Å². The number of hydroxylamine groups is 2. The SMILES string of the molecule is CNc1ncc(Oc2cccc(C(F)(F)F)c2)c(Cc2ccc(C(F)(F)F)cc2)c1C(=O)N(O)CCCO. The lowest BCUT2D eigenvalue weighted by molar-refractivity contribution is -0.138. The van der Waals surface area contributed by atoms with E-state index in [2.05, 4.69) is 10.3 Å². The van der Waals surface area contributed by atoms with Gasteiger partial charge >= 0.3 is 12.4 Å². The van der Waals surface area contributed by atoms with E-state index in [1.807, 2.05) is 0 Å². The molecule has 0 radical (unpaired) electrons. The van der Waals surface area contributed by atoms with Gasteiger partial charge in [-0.15, -0.1) is 0 Å². The second kappa shape index (κ2) is 11.7. The van der Waals surface area contributed by atoms with Gasteiger partial charge in [-0.1, -0.05) is 18.2 Å². The van der Waals surface area contributed by atoms with Gasteiger partial charge in [-0.25, -0.2) is 10.0 Å². The monoisotopic (exact) mass is 543 g/mol. The summed E-state index contributed by atoms with van der Waals surface area (Å²) in [5.41, 5.74) is -1.73. The molecule has 13 heteroatoms. The van der Waals surface area contributed by atoms with E-state index in [1.165, 1.54) is 25.2 Å². The van der Waals surface area contributed by atoms with Crippen molar-refractivity contribution >= 4 is 11.7 Å². The molecule has 0 aliphatic heterocycles. The molecule has 0 aliphatic rings. The number of ether oxygens (including phenoxy) is 1. The number of aromatic nitrogens is 1. The number of amides is 1. The van der Waals surface area contributed by atoms with Crippen molar-refractivity contribution in [3.8, 4) is 11.5 Å². The maximum Gasteiger partial charge on any atom is 0.416 e. The van der Waals surface area contributed by atoms with E-state index in [-0.39, 0.29) is 54.4 Å². The number of aliphatic hydroxyl groups is 1. The highest BCUT2D eigenvalue weighted by molar-refractivity contribution is 6.00. The van der Waals surface area contributed by atoms with Crippen LogP contribution in [0.1, 0.15) is 39.0 Å². The summed E-state index contributed by atoms with van der Waals surface area (Å²) in [5.74, 6) is -1.36. The van der Waals surface area contributed by atoms with Crippen LogP contribution in [0.15, 0.2) is 54.7 Å². The third kappa shape index (κ3) is 6.92. The molecule has 0 bridgehead atoms. The molecule has 38 heavy (non-hydrogen) atoms. The lowest BCUT2D eigenvalue weighted by Crippen LogP contribution is -2.31. The number of aliphatic hydroxyl groups excluding tert-OH is 1. The van der Waals surface area contributed by atoms with Crippen molar-refractivity contribution in [2.45, 2.75) is 25.2 Å². The molecule has 3 aromatic rings. The molecule has 0 unspecified atom stereocenters. The van der Waals surface area contributed by atoms with Gasteiger partial charge < -0.3 is 15.2 Å². The molecule has 0 atom stereocenters. The number of carbonyl (C=O) groups is 1. The van der Waals surface area contributed by atoms with Crippen LogP contribution in [-0.4, -0.2) is 46.5 Å². The molecule has 3 N–H and O–H groups in total. The first-order valence-electron chi connectivity index (χ1n) is 11.2. The molecule has 1 heterocycles. The maximum atomic E-state index is 13.2. The van der Waals surface area contributed by atoms with E-state index in [0.717, 1.165) is 36.5 Å². The normalized spacial score (nSPS) is 11.8. The minimum absolute atomic E-state index is 0.0173. The Bertz CT molecular complexity index is 1260. The molecule has 0 saturated carbocycles. The summed E-state index contributed by atoms with van der Waals surface area (Å²) in [6.45, 7) is -0.574. The van der Waals surface area contributed by atoms with E-state index >= 15 is 0 Å². The van der Waals surface area contributed by atoms with E-state index in [0.29, 0.717) is 10.6 Å². The summed E-state index contributed by atoms with van der Waals surface area (Å²) in [5, 5.41) is 22.3. The summed E-state index contributed by atoms with van der Waals surface area (Å²) in [6, 6.07) is 8.05. The highest BCUT2D eigenvalue weighted by Crippen LogP contribution is 2.37. The molecule has 1 aromatic heterocycles. The van der Waals surface area contributed by atoms with Crippen LogP contribution in [0.25, 0.3) is 0 Å². The number of benzene rings is 2. The average molecular weight is 543 g/mol. The van der Waals surface area contributed by atoms with Gasteiger partial charge in [-0.3, -0.25) is 10.0 Å². The first-order valence-corrected chi connectivity index (χ1v) is 11.2. The first kappa shape index (κ1) is 28.7. The Morgan fingerprint density at radius 2 is 1.68 bits per heavy atom. The average Bonchev–Trinajstić information content (AvgIpc) is 2.87. The highest BCUT2D eigenvalue weighted by Gasteiger charge is 2.32. The molecule has 0 fully saturated rings. The number of nitrogens with one attached hydrogen (secondary N) is 1. The molecule has 204 valence electrons. The fourth-order valence-corrected chi connectivity index (χ4v) is 3.54. The molecular weight excluding hydrogens is 520 g/mol. The molecule has 2 aromatic carbocycles. The number of nitrogens with zero attached hydrogens (tertiary/aromatic N) is 2. The second-order valence-corrected chi connectivity index (χ2v) is 8.08. The summed E-state index contributed by atoms with van der Waals surface area (Å²) < 4.78 is 84.3. The van der Waals surface area contributed by atoms with Crippen molar-refractivity contribution in [3.63, 3.8) is 0 Å². The number of halogens is 6. The zero-order chi connectivity index (χ0) is 28.1. The molecule has 7 nitrogen and oxygen atoms in total. The fraction of sp³-hybridized carbons (Fsp3) is 0.280. The molecular formula is C25H23F6N3O4. The minimum Gasteiger partial charge on any atom is -0.455 e. The van der Waals surface area contributed by atoms with Gasteiger partial charge in [0, 0.05) is 25.6 Å². The van der Waals surface area contributed by atoms with Crippen molar-refractivity contribution in [2.24, 2.45) is 0 Å². The van der Waals surface area contributed by atoms with Crippen molar-refractivity contribution in [3.05, 3.63) is 82.5 Å². The number of hydrogen-bond acceptors (Lipinski definition) is 6. The predicted octanol–water partition coefficient (Wildman–Crippen LogP) is 5.76. The highest BCUT2D eigenvalue weighted by atomic mass is 19.4. The number of carbonyl (C=O) groups excluding carboxylic acids is 1. The number of rotatable bonds is 9. The summed E-state index contributed by atoms with van der Waals surface area (Å²) >= 11 is 0. The van der Waals surface area contributed by atoms with Crippen LogP contribution in [0.4, 0.5) is 32.2 Å².